The molecule has 112 valence electrons. The van der Waals surface area contributed by atoms with Crippen molar-refractivity contribution >= 4 is 23.2 Å². The number of benzene rings is 1. The molecule has 21 heavy (non-hydrogen) atoms. The minimum absolute atomic E-state index is 0.000209. The van der Waals surface area contributed by atoms with Gasteiger partial charge in [-0.15, -0.1) is 0 Å². The number of aromatic nitrogens is 2. The van der Waals surface area contributed by atoms with E-state index in [1.807, 2.05) is 20.8 Å². The second kappa shape index (κ2) is 5.78. The average molecular weight is 329 g/mol. The van der Waals surface area contributed by atoms with E-state index in [0.717, 1.165) is 0 Å². The van der Waals surface area contributed by atoms with Gasteiger partial charge in [0, 0.05) is 11.0 Å². The van der Waals surface area contributed by atoms with Gasteiger partial charge in [0.25, 0.3) is 0 Å². The second-order valence-electron chi connectivity index (χ2n) is 5.67. The van der Waals surface area contributed by atoms with Crippen molar-refractivity contribution in [2.24, 2.45) is 0 Å². The van der Waals surface area contributed by atoms with E-state index in [4.69, 9.17) is 27.9 Å². The number of hydrogen-bond donors (Lipinski definition) is 0. The van der Waals surface area contributed by atoms with Gasteiger partial charge in [-0.05, 0) is 19.1 Å². The van der Waals surface area contributed by atoms with E-state index in [2.05, 4.69) is 9.97 Å². The molecule has 0 atom stereocenters. The van der Waals surface area contributed by atoms with E-state index in [1.165, 1.54) is 12.1 Å². The number of nitrogens with zero attached hydrogens (tertiary/aromatic N) is 2. The third-order valence-corrected chi connectivity index (χ3v) is 3.50. The monoisotopic (exact) mass is 328 g/mol. The molecule has 0 saturated carbocycles. The van der Waals surface area contributed by atoms with Crippen LogP contribution in [0.5, 0.6) is 11.6 Å². The van der Waals surface area contributed by atoms with Crippen LogP contribution in [0.25, 0.3) is 0 Å². The zero-order chi connectivity index (χ0) is 15.8. The van der Waals surface area contributed by atoms with Gasteiger partial charge >= 0.3 is 0 Å². The van der Waals surface area contributed by atoms with Crippen LogP contribution in [0.3, 0.4) is 0 Å². The lowest BCUT2D eigenvalue weighted by atomic mass is 9.96. The summed E-state index contributed by atoms with van der Waals surface area (Å²) in [6, 6.07) is 4.53. The highest BCUT2D eigenvalue weighted by molar-refractivity contribution is 6.31. The van der Waals surface area contributed by atoms with Gasteiger partial charge in [-0.1, -0.05) is 50.0 Å². The van der Waals surface area contributed by atoms with Gasteiger partial charge in [0.05, 0.1) is 5.02 Å². The van der Waals surface area contributed by atoms with Crippen molar-refractivity contribution in [3.63, 3.8) is 0 Å². The lowest BCUT2D eigenvalue weighted by Gasteiger charge is -2.19. The fourth-order valence-electron chi connectivity index (χ4n) is 1.57. The smallest absolute Gasteiger partial charge is 0.227 e. The molecule has 1 heterocycles. The predicted molar refractivity (Wildman–Crippen MR) is 82.0 cm³/mol. The molecule has 0 bridgehead atoms. The van der Waals surface area contributed by atoms with Crippen LogP contribution in [0.4, 0.5) is 4.39 Å². The van der Waals surface area contributed by atoms with E-state index in [0.29, 0.717) is 11.4 Å². The fourth-order valence-corrected chi connectivity index (χ4v) is 1.90. The van der Waals surface area contributed by atoms with Crippen LogP contribution in [0.1, 0.15) is 32.2 Å². The van der Waals surface area contributed by atoms with E-state index in [1.54, 1.807) is 13.0 Å². The quantitative estimate of drug-likeness (QED) is 0.699. The van der Waals surface area contributed by atoms with Crippen molar-refractivity contribution in [1.29, 1.82) is 0 Å². The molecule has 0 amide bonds. The van der Waals surface area contributed by atoms with Crippen molar-refractivity contribution in [2.75, 3.05) is 0 Å². The highest BCUT2D eigenvalue weighted by atomic mass is 35.5. The van der Waals surface area contributed by atoms with Crippen LogP contribution in [-0.4, -0.2) is 9.97 Å². The summed E-state index contributed by atoms with van der Waals surface area (Å²) in [6.45, 7) is 7.58. The van der Waals surface area contributed by atoms with Gasteiger partial charge in [0.2, 0.25) is 5.88 Å². The molecule has 0 aliphatic carbocycles. The minimum Gasteiger partial charge on any atom is -0.435 e. The first kappa shape index (κ1) is 16.0. The molecular weight excluding hydrogens is 314 g/mol. The van der Waals surface area contributed by atoms with Crippen molar-refractivity contribution in [2.45, 2.75) is 33.1 Å². The number of rotatable bonds is 2. The highest BCUT2D eigenvalue weighted by Gasteiger charge is 2.22. The summed E-state index contributed by atoms with van der Waals surface area (Å²) in [4.78, 5) is 8.58. The van der Waals surface area contributed by atoms with Crippen LogP contribution in [-0.2, 0) is 5.41 Å². The van der Waals surface area contributed by atoms with E-state index in [9.17, 15) is 4.39 Å². The topological polar surface area (TPSA) is 35.0 Å². The summed E-state index contributed by atoms with van der Waals surface area (Å²) in [7, 11) is 0. The van der Waals surface area contributed by atoms with E-state index < -0.39 is 5.82 Å². The number of halogens is 3. The van der Waals surface area contributed by atoms with Gasteiger partial charge in [-0.25, -0.2) is 9.37 Å². The molecule has 2 aromatic rings. The third kappa shape index (κ3) is 3.44. The van der Waals surface area contributed by atoms with Crippen molar-refractivity contribution in [3.05, 3.63) is 45.6 Å². The lowest BCUT2D eigenvalue weighted by Crippen LogP contribution is -2.17. The largest absolute Gasteiger partial charge is 0.435 e. The molecule has 0 aliphatic heterocycles. The maximum atomic E-state index is 13.9. The summed E-state index contributed by atoms with van der Waals surface area (Å²) in [6.07, 6.45) is 0. The average Bonchev–Trinajstić information content (AvgIpc) is 2.38. The highest BCUT2D eigenvalue weighted by Crippen LogP contribution is 2.33. The molecule has 1 aromatic carbocycles. The normalized spacial score (nSPS) is 11.6. The Morgan fingerprint density at radius 2 is 1.81 bits per heavy atom. The first-order chi connectivity index (χ1) is 9.70. The molecule has 0 unspecified atom stereocenters. The Bertz CT molecular complexity index is 684. The van der Waals surface area contributed by atoms with Crippen molar-refractivity contribution in [1.82, 2.24) is 9.97 Å². The predicted octanol–water partition coefficient (Wildman–Crippen LogP) is 5.32. The molecule has 1 aromatic heterocycles. The summed E-state index contributed by atoms with van der Waals surface area (Å²) >= 11 is 11.9. The Kier molecular flexibility index (Phi) is 4.40. The zero-order valence-corrected chi connectivity index (χ0v) is 13.7. The van der Waals surface area contributed by atoms with Crippen LogP contribution < -0.4 is 4.74 Å². The molecule has 6 heteroatoms. The van der Waals surface area contributed by atoms with E-state index in [-0.39, 0.29) is 27.2 Å². The first-order valence-corrected chi connectivity index (χ1v) is 7.12. The molecule has 0 spiro atoms. The SMILES string of the molecule is Cc1c(Cl)nc(C(C)(C)C)nc1Oc1cccc(Cl)c1F. The van der Waals surface area contributed by atoms with Crippen LogP contribution in [0, 0.1) is 12.7 Å². The molecule has 3 nitrogen and oxygen atoms in total. The summed E-state index contributed by atoms with van der Waals surface area (Å²) < 4.78 is 19.5. The summed E-state index contributed by atoms with van der Waals surface area (Å²) in [5.41, 5.74) is 0.242. The van der Waals surface area contributed by atoms with Gasteiger partial charge in [0.15, 0.2) is 11.6 Å². The fraction of sp³-hybridized carbons (Fsp3) is 0.333. The van der Waals surface area contributed by atoms with Crippen molar-refractivity contribution < 1.29 is 9.13 Å². The van der Waals surface area contributed by atoms with Gasteiger partial charge in [-0.2, -0.15) is 4.98 Å². The Morgan fingerprint density at radius 1 is 1.14 bits per heavy atom. The summed E-state index contributed by atoms with van der Waals surface area (Å²) in [5.74, 6) is 0.113. The first-order valence-electron chi connectivity index (χ1n) is 6.36. The molecule has 0 aliphatic rings. The number of ether oxygens (including phenoxy) is 1. The minimum atomic E-state index is -0.634. The maximum Gasteiger partial charge on any atom is 0.227 e. The third-order valence-electron chi connectivity index (χ3n) is 2.84. The number of hydrogen-bond acceptors (Lipinski definition) is 3. The zero-order valence-electron chi connectivity index (χ0n) is 12.2. The Morgan fingerprint density at radius 3 is 2.43 bits per heavy atom. The van der Waals surface area contributed by atoms with Gasteiger partial charge in [0.1, 0.15) is 11.0 Å². The molecule has 0 radical (unpaired) electrons. The summed E-state index contributed by atoms with van der Waals surface area (Å²) in [5, 5.41) is 0.272. The lowest BCUT2D eigenvalue weighted by molar-refractivity contribution is 0.414. The molecule has 0 saturated heterocycles. The Hall–Kier alpha value is -1.39. The van der Waals surface area contributed by atoms with Gasteiger partial charge < -0.3 is 4.74 Å². The van der Waals surface area contributed by atoms with Crippen LogP contribution >= 0.6 is 23.2 Å². The van der Waals surface area contributed by atoms with E-state index >= 15 is 0 Å². The van der Waals surface area contributed by atoms with Gasteiger partial charge in [-0.3, -0.25) is 0 Å². The maximum absolute atomic E-state index is 13.9. The molecule has 2 rings (SSSR count). The standard InChI is InChI=1S/C15H15Cl2FN2O/c1-8-12(17)19-14(15(2,3)4)20-13(8)21-10-7-5-6-9(16)11(10)18/h5-7H,1-4H3. The second-order valence-corrected chi connectivity index (χ2v) is 6.44. The Balaban J connectivity index is 2.49. The Labute approximate surface area is 133 Å². The van der Waals surface area contributed by atoms with Crippen LogP contribution in [0.15, 0.2) is 18.2 Å². The molecular formula is C15H15Cl2FN2O. The molecule has 0 fully saturated rings. The molecule has 0 N–H and O–H groups in total. The van der Waals surface area contributed by atoms with Crippen LogP contribution in [0.2, 0.25) is 10.2 Å². The van der Waals surface area contributed by atoms with Crippen molar-refractivity contribution in [3.8, 4) is 11.6 Å².